The van der Waals surface area contributed by atoms with Crippen LogP contribution in [0.3, 0.4) is 0 Å². The Bertz CT molecular complexity index is 810. The van der Waals surface area contributed by atoms with Crippen molar-refractivity contribution in [3.05, 3.63) is 18.2 Å². The Kier molecular flexibility index (Phi) is 6.01. The summed E-state index contributed by atoms with van der Waals surface area (Å²) < 4.78 is 6.48. The molecule has 0 N–H and O–H groups in total. The standard InChI is InChI=1S/C21H30N4O2S/c1-23(21-22-20-17(27-2)9-6-10-18(20)28-21)15-19(26)25-13-11-24(12-14-25)16-7-4-3-5-8-16/h6,9-10,16H,3-5,7-8,11-15H2,1-2H3. The summed E-state index contributed by atoms with van der Waals surface area (Å²) in [5.41, 5.74) is 0.866. The van der Waals surface area contributed by atoms with Crippen LogP contribution in [0.4, 0.5) is 5.13 Å². The van der Waals surface area contributed by atoms with Crippen molar-refractivity contribution in [2.45, 2.75) is 38.1 Å². The van der Waals surface area contributed by atoms with Gasteiger partial charge in [-0.2, -0.15) is 0 Å². The number of fused-ring (bicyclic) bond motifs is 1. The van der Waals surface area contributed by atoms with E-state index in [0.717, 1.165) is 53.3 Å². The van der Waals surface area contributed by atoms with Crippen LogP contribution in [0, 0.1) is 0 Å². The average Bonchev–Trinajstić information content (AvgIpc) is 3.19. The Hall–Kier alpha value is -1.86. The highest BCUT2D eigenvalue weighted by Crippen LogP contribution is 2.33. The third kappa shape index (κ3) is 4.10. The predicted molar refractivity (Wildman–Crippen MR) is 114 cm³/mol. The number of amides is 1. The Balaban J connectivity index is 1.33. The minimum absolute atomic E-state index is 0.192. The lowest BCUT2D eigenvalue weighted by Crippen LogP contribution is -2.53. The fourth-order valence-corrected chi connectivity index (χ4v) is 5.34. The van der Waals surface area contributed by atoms with Gasteiger partial charge in [-0.3, -0.25) is 9.69 Å². The summed E-state index contributed by atoms with van der Waals surface area (Å²) in [4.78, 5) is 24.1. The highest BCUT2D eigenvalue weighted by molar-refractivity contribution is 7.22. The van der Waals surface area contributed by atoms with Gasteiger partial charge in [0.2, 0.25) is 5.91 Å². The second-order valence-electron chi connectivity index (χ2n) is 7.87. The molecule has 6 nitrogen and oxygen atoms in total. The van der Waals surface area contributed by atoms with Crippen molar-refractivity contribution in [3.63, 3.8) is 0 Å². The highest BCUT2D eigenvalue weighted by Gasteiger charge is 2.27. The zero-order chi connectivity index (χ0) is 19.5. The Morgan fingerprint density at radius 2 is 1.96 bits per heavy atom. The first-order valence-electron chi connectivity index (χ1n) is 10.3. The quantitative estimate of drug-likeness (QED) is 0.769. The Labute approximate surface area is 171 Å². The van der Waals surface area contributed by atoms with Crippen LogP contribution in [0.2, 0.25) is 0 Å². The molecule has 2 aromatic rings. The lowest BCUT2D eigenvalue weighted by atomic mass is 9.94. The van der Waals surface area contributed by atoms with Gasteiger partial charge in [0, 0.05) is 39.3 Å². The zero-order valence-corrected chi connectivity index (χ0v) is 17.7. The van der Waals surface area contributed by atoms with E-state index < -0.39 is 0 Å². The SMILES string of the molecule is COc1cccc2sc(N(C)CC(=O)N3CCN(C4CCCCC4)CC3)nc12. The first kappa shape index (κ1) is 19.5. The number of hydrogen-bond acceptors (Lipinski definition) is 6. The van der Waals surface area contributed by atoms with Crippen molar-refractivity contribution < 1.29 is 9.53 Å². The van der Waals surface area contributed by atoms with E-state index >= 15 is 0 Å². The van der Waals surface area contributed by atoms with Gasteiger partial charge in [0.25, 0.3) is 0 Å². The molecule has 1 saturated heterocycles. The van der Waals surface area contributed by atoms with Crippen LogP contribution in [-0.4, -0.2) is 73.6 Å². The van der Waals surface area contributed by atoms with Gasteiger partial charge < -0.3 is 14.5 Å². The number of benzene rings is 1. The number of likely N-dealkylation sites (N-methyl/N-ethyl adjacent to an activating group) is 1. The number of carbonyl (C=O) groups excluding carboxylic acids is 1. The number of nitrogens with zero attached hydrogens (tertiary/aromatic N) is 4. The summed E-state index contributed by atoms with van der Waals surface area (Å²) in [7, 11) is 3.61. The summed E-state index contributed by atoms with van der Waals surface area (Å²) in [5.74, 6) is 0.968. The maximum absolute atomic E-state index is 12.8. The molecule has 1 aromatic carbocycles. The number of piperazine rings is 1. The number of aromatic nitrogens is 1. The molecule has 1 aliphatic carbocycles. The number of hydrogen-bond donors (Lipinski definition) is 0. The van der Waals surface area contributed by atoms with Gasteiger partial charge in [0.15, 0.2) is 5.13 Å². The van der Waals surface area contributed by atoms with Crippen LogP contribution in [0.15, 0.2) is 18.2 Å². The van der Waals surface area contributed by atoms with Gasteiger partial charge in [-0.15, -0.1) is 0 Å². The highest BCUT2D eigenvalue weighted by atomic mass is 32.1. The second-order valence-corrected chi connectivity index (χ2v) is 8.88. The van der Waals surface area contributed by atoms with Crippen molar-refractivity contribution in [1.29, 1.82) is 0 Å². The summed E-state index contributed by atoms with van der Waals surface area (Å²) in [6, 6.07) is 6.67. The maximum Gasteiger partial charge on any atom is 0.242 e. The molecule has 7 heteroatoms. The number of carbonyl (C=O) groups is 1. The predicted octanol–water partition coefficient (Wildman–Crippen LogP) is 3.22. The molecule has 0 radical (unpaired) electrons. The van der Waals surface area contributed by atoms with E-state index in [4.69, 9.17) is 9.72 Å². The second kappa shape index (κ2) is 8.66. The minimum atomic E-state index is 0.192. The van der Waals surface area contributed by atoms with Crippen LogP contribution in [-0.2, 0) is 4.79 Å². The number of thiazole rings is 1. The monoisotopic (exact) mass is 402 g/mol. The molecule has 0 atom stereocenters. The normalized spacial score (nSPS) is 19.1. The van der Waals surface area contributed by atoms with Crippen LogP contribution < -0.4 is 9.64 Å². The van der Waals surface area contributed by atoms with E-state index in [9.17, 15) is 4.79 Å². The van der Waals surface area contributed by atoms with Gasteiger partial charge in [-0.05, 0) is 25.0 Å². The first-order chi connectivity index (χ1) is 13.7. The molecular formula is C21H30N4O2S. The molecule has 0 unspecified atom stereocenters. The van der Waals surface area contributed by atoms with E-state index in [2.05, 4.69) is 4.90 Å². The molecular weight excluding hydrogens is 372 g/mol. The third-order valence-corrected chi connectivity index (χ3v) is 7.18. The summed E-state index contributed by atoms with van der Waals surface area (Å²) in [5, 5.41) is 0.855. The fraction of sp³-hybridized carbons (Fsp3) is 0.619. The van der Waals surface area contributed by atoms with E-state index in [1.54, 1.807) is 18.4 Å². The Morgan fingerprint density at radius 1 is 1.21 bits per heavy atom. The van der Waals surface area contributed by atoms with E-state index in [-0.39, 0.29) is 5.91 Å². The molecule has 0 spiro atoms. The van der Waals surface area contributed by atoms with Crippen molar-refractivity contribution in [2.24, 2.45) is 0 Å². The lowest BCUT2D eigenvalue weighted by molar-refractivity contribution is -0.131. The van der Waals surface area contributed by atoms with Crippen LogP contribution in [0.5, 0.6) is 5.75 Å². The first-order valence-corrected chi connectivity index (χ1v) is 11.1. The van der Waals surface area contributed by atoms with E-state index in [1.807, 2.05) is 35.0 Å². The molecule has 1 saturated carbocycles. The number of para-hydroxylation sites is 1. The third-order valence-electron chi connectivity index (χ3n) is 6.05. The molecule has 1 amide bonds. The fourth-order valence-electron chi connectivity index (χ4n) is 4.39. The van der Waals surface area contributed by atoms with Crippen molar-refractivity contribution in [2.75, 3.05) is 51.8 Å². The van der Waals surface area contributed by atoms with Gasteiger partial charge >= 0.3 is 0 Å². The molecule has 2 aliphatic rings. The smallest absolute Gasteiger partial charge is 0.242 e. The largest absolute Gasteiger partial charge is 0.494 e. The molecule has 1 aromatic heterocycles. The molecule has 1 aliphatic heterocycles. The van der Waals surface area contributed by atoms with E-state index in [0.29, 0.717) is 6.54 Å². The molecule has 4 rings (SSSR count). The summed E-state index contributed by atoms with van der Waals surface area (Å²) >= 11 is 1.60. The van der Waals surface area contributed by atoms with Gasteiger partial charge in [0.05, 0.1) is 18.4 Å². The van der Waals surface area contributed by atoms with Gasteiger partial charge in [0.1, 0.15) is 11.3 Å². The molecule has 2 heterocycles. The van der Waals surface area contributed by atoms with Crippen LogP contribution >= 0.6 is 11.3 Å². The summed E-state index contributed by atoms with van der Waals surface area (Å²) in [6.45, 7) is 4.08. The number of anilines is 1. The molecule has 28 heavy (non-hydrogen) atoms. The van der Waals surface area contributed by atoms with Crippen molar-refractivity contribution in [3.8, 4) is 5.75 Å². The average molecular weight is 403 g/mol. The molecule has 2 fully saturated rings. The van der Waals surface area contributed by atoms with Crippen molar-refractivity contribution in [1.82, 2.24) is 14.8 Å². The van der Waals surface area contributed by atoms with E-state index in [1.165, 1.54) is 32.1 Å². The zero-order valence-electron chi connectivity index (χ0n) is 16.9. The summed E-state index contributed by atoms with van der Waals surface area (Å²) in [6.07, 6.45) is 6.78. The maximum atomic E-state index is 12.8. The Morgan fingerprint density at radius 3 is 2.68 bits per heavy atom. The lowest BCUT2D eigenvalue weighted by Gasteiger charge is -2.41. The van der Waals surface area contributed by atoms with Gasteiger partial charge in [-0.1, -0.05) is 36.7 Å². The minimum Gasteiger partial charge on any atom is -0.494 e. The molecule has 152 valence electrons. The van der Waals surface area contributed by atoms with Crippen molar-refractivity contribution >= 4 is 32.6 Å². The van der Waals surface area contributed by atoms with Crippen LogP contribution in [0.1, 0.15) is 32.1 Å². The van der Waals surface area contributed by atoms with Crippen LogP contribution in [0.25, 0.3) is 10.2 Å². The number of ether oxygens (including phenoxy) is 1. The number of methoxy groups -OCH3 is 1. The van der Waals surface area contributed by atoms with Gasteiger partial charge in [-0.25, -0.2) is 4.98 Å². The number of rotatable bonds is 5. The molecule has 0 bridgehead atoms. The topological polar surface area (TPSA) is 48.9 Å².